The van der Waals surface area contributed by atoms with Crippen LogP contribution in [-0.4, -0.2) is 11.8 Å². The van der Waals surface area contributed by atoms with Gasteiger partial charge in [0.1, 0.15) is 0 Å². The Morgan fingerprint density at radius 1 is 1.00 bits per heavy atom. The molecule has 0 aromatic heterocycles. The Kier molecular flexibility index (Phi) is 4.66. The van der Waals surface area contributed by atoms with Crippen molar-refractivity contribution in [3.63, 3.8) is 0 Å². The maximum atomic E-state index is 12.7. The van der Waals surface area contributed by atoms with E-state index in [2.05, 4.69) is 18.2 Å². The van der Waals surface area contributed by atoms with Crippen molar-refractivity contribution >= 4 is 40.7 Å². The molecule has 0 spiro atoms. The van der Waals surface area contributed by atoms with E-state index < -0.39 is 0 Å². The van der Waals surface area contributed by atoms with Crippen LogP contribution < -0.4 is 4.90 Å². The first-order valence-corrected chi connectivity index (χ1v) is 8.50. The van der Waals surface area contributed by atoms with Crippen LogP contribution in [0.25, 0.3) is 0 Å². The summed E-state index contributed by atoms with van der Waals surface area (Å²) < 4.78 is 0. The van der Waals surface area contributed by atoms with E-state index in [9.17, 15) is 9.59 Å². The molecule has 24 heavy (non-hydrogen) atoms. The Bertz CT molecular complexity index is 812. The number of imide groups is 1. The number of benzene rings is 2. The Hall–Kier alpha value is -1.84. The highest BCUT2D eigenvalue weighted by Gasteiger charge is 2.39. The average Bonchev–Trinajstić information content (AvgIpc) is 2.75. The van der Waals surface area contributed by atoms with E-state index in [4.69, 9.17) is 23.2 Å². The summed E-state index contributed by atoms with van der Waals surface area (Å²) in [6.45, 7) is 4.06. The van der Waals surface area contributed by atoms with Gasteiger partial charge in [0.25, 0.3) is 0 Å². The summed E-state index contributed by atoms with van der Waals surface area (Å²) in [5.74, 6) is -0.724. The number of hydrogen-bond acceptors (Lipinski definition) is 2. The van der Waals surface area contributed by atoms with Gasteiger partial charge in [-0.2, -0.15) is 0 Å². The Labute approximate surface area is 151 Å². The maximum Gasteiger partial charge on any atom is 0.237 e. The van der Waals surface area contributed by atoms with E-state index in [1.165, 1.54) is 4.90 Å². The van der Waals surface area contributed by atoms with Gasteiger partial charge in [-0.3, -0.25) is 14.5 Å². The van der Waals surface area contributed by atoms with Crippen molar-refractivity contribution in [1.82, 2.24) is 0 Å². The highest BCUT2D eigenvalue weighted by Crippen LogP contribution is 2.33. The smallest absolute Gasteiger partial charge is 0.237 e. The molecule has 2 aromatic rings. The van der Waals surface area contributed by atoms with E-state index in [-0.39, 0.29) is 24.2 Å². The van der Waals surface area contributed by atoms with Gasteiger partial charge in [-0.05, 0) is 44.0 Å². The van der Waals surface area contributed by atoms with Crippen LogP contribution in [-0.2, 0) is 16.0 Å². The highest BCUT2D eigenvalue weighted by atomic mass is 35.5. The number of amides is 2. The van der Waals surface area contributed by atoms with Gasteiger partial charge >= 0.3 is 0 Å². The predicted molar refractivity (Wildman–Crippen MR) is 96.7 cm³/mol. The maximum absolute atomic E-state index is 12.7. The van der Waals surface area contributed by atoms with Crippen LogP contribution >= 0.6 is 23.2 Å². The average molecular weight is 362 g/mol. The lowest BCUT2D eigenvalue weighted by Gasteiger charge is -2.16. The van der Waals surface area contributed by atoms with Crippen LogP contribution in [0.4, 0.5) is 5.69 Å². The number of anilines is 1. The molecular formula is C19H17Cl2NO2. The fourth-order valence-corrected chi connectivity index (χ4v) is 3.51. The number of aryl methyl sites for hydroxylation is 2. The van der Waals surface area contributed by atoms with Gasteiger partial charge in [0.2, 0.25) is 11.8 Å². The van der Waals surface area contributed by atoms with E-state index in [0.717, 1.165) is 16.7 Å². The first-order valence-electron chi connectivity index (χ1n) is 7.74. The number of nitrogens with zero attached hydrogens (tertiary/aromatic N) is 1. The molecule has 0 saturated carbocycles. The lowest BCUT2D eigenvalue weighted by molar-refractivity contribution is -0.122. The Morgan fingerprint density at radius 3 is 2.29 bits per heavy atom. The van der Waals surface area contributed by atoms with Crippen molar-refractivity contribution in [1.29, 1.82) is 0 Å². The molecule has 0 N–H and O–H groups in total. The van der Waals surface area contributed by atoms with Crippen molar-refractivity contribution < 1.29 is 9.59 Å². The molecule has 124 valence electrons. The molecule has 0 aliphatic carbocycles. The number of carbonyl (C=O) groups is 2. The summed E-state index contributed by atoms with van der Waals surface area (Å²) in [4.78, 5) is 26.3. The molecule has 3 nitrogen and oxygen atoms in total. The molecule has 2 aromatic carbocycles. The normalized spacial score (nSPS) is 17.7. The molecule has 1 saturated heterocycles. The second-order valence-corrected chi connectivity index (χ2v) is 7.08. The van der Waals surface area contributed by atoms with E-state index >= 15 is 0 Å². The third kappa shape index (κ3) is 3.33. The summed E-state index contributed by atoms with van der Waals surface area (Å²) in [7, 11) is 0. The van der Waals surface area contributed by atoms with Gasteiger partial charge in [-0.15, -0.1) is 0 Å². The lowest BCUT2D eigenvalue weighted by Crippen LogP contribution is -2.30. The van der Waals surface area contributed by atoms with Crippen molar-refractivity contribution in [2.45, 2.75) is 26.7 Å². The zero-order valence-corrected chi connectivity index (χ0v) is 15.0. The number of halogens is 2. The molecular weight excluding hydrogens is 345 g/mol. The molecule has 2 amide bonds. The van der Waals surface area contributed by atoms with Gasteiger partial charge in [0.15, 0.2) is 0 Å². The number of carbonyl (C=O) groups excluding carboxylic acids is 2. The number of hydrogen-bond donors (Lipinski definition) is 0. The first-order chi connectivity index (χ1) is 11.3. The van der Waals surface area contributed by atoms with Crippen LogP contribution in [0, 0.1) is 19.8 Å². The van der Waals surface area contributed by atoms with Crippen molar-refractivity contribution in [3.8, 4) is 0 Å². The summed E-state index contributed by atoms with van der Waals surface area (Å²) in [6.07, 6.45) is 0.775. The molecule has 5 heteroatoms. The van der Waals surface area contributed by atoms with E-state index in [1.807, 2.05) is 13.8 Å². The van der Waals surface area contributed by atoms with Gasteiger partial charge in [0.05, 0.1) is 21.7 Å². The minimum Gasteiger partial charge on any atom is -0.274 e. The minimum atomic E-state index is -0.340. The largest absolute Gasteiger partial charge is 0.274 e. The van der Waals surface area contributed by atoms with Crippen LogP contribution in [0.15, 0.2) is 36.4 Å². The van der Waals surface area contributed by atoms with Gasteiger partial charge in [0, 0.05) is 6.42 Å². The second kappa shape index (κ2) is 6.58. The quantitative estimate of drug-likeness (QED) is 0.740. The van der Waals surface area contributed by atoms with E-state index in [1.54, 1.807) is 18.2 Å². The summed E-state index contributed by atoms with van der Waals surface area (Å²) in [6, 6.07) is 11.0. The molecule has 1 fully saturated rings. The van der Waals surface area contributed by atoms with E-state index in [0.29, 0.717) is 22.2 Å². The van der Waals surface area contributed by atoms with Crippen molar-refractivity contribution in [2.75, 3.05) is 4.90 Å². The van der Waals surface area contributed by atoms with Gasteiger partial charge < -0.3 is 0 Å². The second-order valence-electron chi connectivity index (χ2n) is 6.27. The Balaban J connectivity index is 1.84. The molecule has 0 unspecified atom stereocenters. The number of rotatable bonds is 3. The summed E-state index contributed by atoms with van der Waals surface area (Å²) in [5.41, 5.74) is 3.86. The molecule has 1 aliphatic heterocycles. The van der Waals surface area contributed by atoms with Gasteiger partial charge in [-0.1, -0.05) is 52.5 Å². The molecule has 1 aliphatic rings. The SMILES string of the molecule is Cc1cc(C)cc(C[C@@H]2CC(=O)N(c3ccc(Cl)c(Cl)c3)C2=O)c1. The monoisotopic (exact) mass is 361 g/mol. The first kappa shape index (κ1) is 17.0. The molecule has 0 bridgehead atoms. The standard InChI is InChI=1S/C19H17Cl2NO2/c1-11-5-12(2)7-13(6-11)8-14-9-18(23)22(19(14)24)15-3-4-16(20)17(21)10-15/h3-7,10,14H,8-9H2,1-2H3/t14-/m1/s1. The van der Waals surface area contributed by atoms with Gasteiger partial charge in [-0.25, -0.2) is 0 Å². The zero-order valence-electron chi connectivity index (χ0n) is 13.5. The molecule has 0 radical (unpaired) electrons. The summed E-state index contributed by atoms with van der Waals surface area (Å²) in [5, 5.41) is 0.721. The topological polar surface area (TPSA) is 37.4 Å². The third-order valence-electron chi connectivity index (χ3n) is 4.17. The van der Waals surface area contributed by atoms with Crippen LogP contribution in [0.1, 0.15) is 23.1 Å². The van der Waals surface area contributed by atoms with Crippen LogP contribution in [0.2, 0.25) is 10.0 Å². The fraction of sp³-hybridized carbons (Fsp3) is 0.263. The predicted octanol–water partition coefficient (Wildman–Crippen LogP) is 4.73. The molecule has 1 heterocycles. The Morgan fingerprint density at radius 2 is 1.67 bits per heavy atom. The third-order valence-corrected chi connectivity index (χ3v) is 4.90. The van der Waals surface area contributed by atoms with Crippen molar-refractivity contribution in [3.05, 3.63) is 63.1 Å². The fourth-order valence-electron chi connectivity index (χ4n) is 3.22. The molecule has 1 atom stereocenters. The van der Waals surface area contributed by atoms with Crippen LogP contribution in [0.5, 0.6) is 0 Å². The zero-order chi connectivity index (χ0) is 17.4. The highest BCUT2D eigenvalue weighted by molar-refractivity contribution is 6.42. The lowest BCUT2D eigenvalue weighted by atomic mass is 9.95. The van der Waals surface area contributed by atoms with Crippen LogP contribution in [0.3, 0.4) is 0 Å². The summed E-state index contributed by atoms with van der Waals surface area (Å²) >= 11 is 11.9. The van der Waals surface area contributed by atoms with Crippen molar-refractivity contribution in [2.24, 2.45) is 5.92 Å². The molecule has 3 rings (SSSR count). The minimum absolute atomic E-state index is 0.183.